The number of rotatable bonds is 86. The molecular formula is C99H166O16P2. The molecule has 0 radical (unpaired) electrons. The van der Waals surface area contributed by atoms with Crippen LogP contribution in [-0.4, -0.2) is 95.9 Å². The Labute approximate surface area is 713 Å². The van der Waals surface area contributed by atoms with Crippen LogP contribution < -0.4 is 0 Å². The number of hydrogen-bond donors (Lipinski definition) is 4. The van der Waals surface area contributed by atoms with E-state index in [0.29, 0.717) is 19.3 Å². The fourth-order valence-electron chi connectivity index (χ4n) is 12.2. The molecule has 5 atom stereocenters. The SMILES string of the molecule is CC/C=C\C/C=C\C/C=C\C/C=C\C/C=C\C/C=C\CCCCCCCCC(=O)OCC(COP(=O)(O)OCC(O)COP(=O)(O)OCC(O)COC(=O)CCCCCCCCCCCCCCCCCCCCC/C=C\C/C=C\C/C=C\C/C=C\CCCCC)OC(=O)CCCCCCC/C=C\C/C=C\C/C=C\C/C=C\C/C=C\CC. The number of carbonyl (C=O) groups excluding carboxylic acids is 3. The van der Waals surface area contributed by atoms with Gasteiger partial charge < -0.3 is 34.2 Å². The van der Waals surface area contributed by atoms with Gasteiger partial charge in [0, 0.05) is 19.3 Å². The zero-order valence-corrected chi connectivity index (χ0v) is 75.4. The molecule has 0 aromatic carbocycles. The van der Waals surface area contributed by atoms with Crippen molar-refractivity contribution in [1.29, 1.82) is 0 Å². The number of esters is 3. The lowest BCUT2D eigenvalue weighted by Crippen LogP contribution is -2.30. The fraction of sp³-hybridized carbons (Fsp3) is 0.667. The average Bonchev–Trinajstić information content (AvgIpc) is 0.901. The molecule has 0 aliphatic heterocycles. The van der Waals surface area contributed by atoms with Crippen molar-refractivity contribution in [3.05, 3.63) is 182 Å². The predicted molar refractivity (Wildman–Crippen MR) is 491 cm³/mol. The van der Waals surface area contributed by atoms with E-state index in [0.717, 1.165) is 180 Å². The molecule has 16 nitrogen and oxygen atoms in total. The molecule has 0 aliphatic rings. The number of hydrogen-bond acceptors (Lipinski definition) is 14. The maximum absolute atomic E-state index is 13.0. The van der Waals surface area contributed by atoms with Gasteiger partial charge in [-0.05, 0) is 161 Å². The van der Waals surface area contributed by atoms with E-state index in [4.69, 9.17) is 32.3 Å². The van der Waals surface area contributed by atoms with Crippen molar-refractivity contribution in [2.24, 2.45) is 0 Å². The van der Waals surface area contributed by atoms with Gasteiger partial charge in [-0.1, -0.05) is 370 Å². The van der Waals surface area contributed by atoms with Gasteiger partial charge in [0.1, 0.15) is 25.4 Å². The quantitative estimate of drug-likeness (QED) is 0.0146. The third-order valence-electron chi connectivity index (χ3n) is 19.1. The number of ether oxygens (including phenoxy) is 3. The number of allylic oxidation sites excluding steroid dienone is 30. The van der Waals surface area contributed by atoms with Crippen LogP contribution in [0.3, 0.4) is 0 Å². The van der Waals surface area contributed by atoms with Crippen molar-refractivity contribution in [3.8, 4) is 0 Å². The van der Waals surface area contributed by atoms with Crippen LogP contribution in [0, 0.1) is 0 Å². The first kappa shape index (κ1) is 112. The highest BCUT2D eigenvalue weighted by Crippen LogP contribution is 2.45. The first-order chi connectivity index (χ1) is 57.2. The minimum Gasteiger partial charge on any atom is -0.463 e. The molecule has 0 aromatic rings. The van der Waals surface area contributed by atoms with Crippen molar-refractivity contribution in [1.82, 2.24) is 0 Å². The monoisotopic (exact) mass is 1670 g/mol. The molecule has 0 fully saturated rings. The van der Waals surface area contributed by atoms with Gasteiger partial charge in [-0.25, -0.2) is 9.13 Å². The molecule has 0 amide bonds. The van der Waals surface area contributed by atoms with Gasteiger partial charge in [-0.15, -0.1) is 0 Å². The molecule has 668 valence electrons. The molecule has 0 saturated carbocycles. The molecule has 5 unspecified atom stereocenters. The number of phosphoric ester groups is 2. The largest absolute Gasteiger partial charge is 0.472 e. The van der Waals surface area contributed by atoms with Crippen LogP contribution in [0.4, 0.5) is 0 Å². The van der Waals surface area contributed by atoms with Crippen molar-refractivity contribution >= 4 is 33.6 Å². The molecule has 4 N–H and O–H groups in total. The molecular weight excluding hydrogens is 1510 g/mol. The Balaban J connectivity index is 4.56. The molecule has 0 aliphatic carbocycles. The zero-order valence-electron chi connectivity index (χ0n) is 73.6. The van der Waals surface area contributed by atoms with Crippen LogP contribution >= 0.6 is 15.6 Å². The Hall–Kier alpha value is -5.35. The number of aliphatic hydroxyl groups excluding tert-OH is 2. The Kier molecular flexibility index (Phi) is 85.8. The first-order valence-electron chi connectivity index (χ1n) is 46.1. The van der Waals surface area contributed by atoms with Gasteiger partial charge >= 0.3 is 33.6 Å². The maximum atomic E-state index is 13.0. The Bertz CT molecular complexity index is 2860. The third kappa shape index (κ3) is 91.2. The molecule has 0 rings (SSSR count). The summed E-state index contributed by atoms with van der Waals surface area (Å²) in [5.41, 5.74) is 0. The third-order valence-corrected chi connectivity index (χ3v) is 21.0. The number of phosphoric acid groups is 2. The van der Waals surface area contributed by atoms with Gasteiger partial charge in [0.25, 0.3) is 0 Å². The highest BCUT2D eigenvalue weighted by molar-refractivity contribution is 7.47. The summed E-state index contributed by atoms with van der Waals surface area (Å²) in [5.74, 6) is -1.61. The van der Waals surface area contributed by atoms with Crippen LogP contribution in [0.15, 0.2) is 182 Å². The van der Waals surface area contributed by atoms with Crippen molar-refractivity contribution in [2.45, 2.75) is 386 Å². The van der Waals surface area contributed by atoms with E-state index in [1.807, 2.05) is 0 Å². The summed E-state index contributed by atoms with van der Waals surface area (Å²) in [6.45, 7) is 2.41. The highest BCUT2D eigenvalue weighted by Gasteiger charge is 2.29. The van der Waals surface area contributed by atoms with Crippen molar-refractivity contribution < 1.29 is 75.8 Å². The lowest BCUT2D eigenvalue weighted by molar-refractivity contribution is -0.161. The normalized spacial score (nSPS) is 14.6. The van der Waals surface area contributed by atoms with Crippen LogP contribution in [0.5, 0.6) is 0 Å². The average molecular weight is 1670 g/mol. The molecule has 0 saturated heterocycles. The van der Waals surface area contributed by atoms with Crippen LogP contribution in [-0.2, 0) is 55.8 Å². The second-order valence-electron chi connectivity index (χ2n) is 30.3. The fourth-order valence-corrected chi connectivity index (χ4v) is 13.8. The summed E-state index contributed by atoms with van der Waals surface area (Å²) in [5, 5.41) is 20.7. The molecule has 0 aromatic heterocycles. The van der Waals surface area contributed by atoms with E-state index in [9.17, 15) is 43.5 Å². The van der Waals surface area contributed by atoms with Crippen molar-refractivity contribution in [3.63, 3.8) is 0 Å². The minimum absolute atomic E-state index is 0.0723. The molecule has 0 bridgehead atoms. The van der Waals surface area contributed by atoms with Crippen LogP contribution in [0.25, 0.3) is 0 Å². The first-order valence-corrected chi connectivity index (χ1v) is 49.1. The van der Waals surface area contributed by atoms with E-state index in [2.05, 4.69) is 203 Å². The van der Waals surface area contributed by atoms with E-state index < -0.39 is 91.5 Å². The summed E-state index contributed by atoms with van der Waals surface area (Å²) >= 11 is 0. The summed E-state index contributed by atoms with van der Waals surface area (Å²) in [7, 11) is -9.83. The lowest BCUT2D eigenvalue weighted by Gasteiger charge is -2.21. The number of aliphatic hydroxyl groups is 2. The number of carbonyl (C=O) groups is 3. The molecule has 0 spiro atoms. The summed E-state index contributed by atoms with van der Waals surface area (Å²) < 4.78 is 61.4. The Morgan fingerprint density at radius 1 is 0.248 bits per heavy atom. The van der Waals surface area contributed by atoms with E-state index >= 15 is 0 Å². The smallest absolute Gasteiger partial charge is 0.463 e. The van der Waals surface area contributed by atoms with Crippen LogP contribution in [0.1, 0.15) is 367 Å². The van der Waals surface area contributed by atoms with E-state index in [1.54, 1.807) is 0 Å². The standard InChI is InChI=1S/C99H166O16P2/c1-4-7-10-13-16-19-22-25-28-31-34-37-39-41-42-43-44-45-46-47-48-49-50-52-54-56-58-61-64-67-70-73-76-79-82-85-97(102)109-88-94(100)89-111-116(105,106)112-90-95(101)91-113-117(107,108)114-93-96(115-99(104)87-84-81-78-75-72-69-66-63-60-55-36-33-30-27-24-21-18-15-12-9-6-3)92-110-98(103)86-83-80-77-74-71-68-65-62-59-57-53-51-40-38-35-32-29-26-23-20-17-14-11-8-5-2/h8-9,11-12,16-21,25-30,34-38,41-42,51,53,55,59,62-63,66,94-96,100-101H,4-7,10,13-15,22-24,31-33,39-40,43-50,52,54,56-58,60-61,64-65,67-93H2,1-3H3,(H,105,106)(H,107,108)/b11-8-,12-9-,19-16-,20-17-,21-18-,28-25-,29-26-,30-27-,37-34-,38-35-,42-41-,53-51-,55-36-,62-59-,66-63-. The highest BCUT2D eigenvalue weighted by atomic mass is 31.2. The zero-order chi connectivity index (χ0) is 85.1. The predicted octanol–water partition coefficient (Wildman–Crippen LogP) is 28.4. The summed E-state index contributed by atoms with van der Waals surface area (Å²) in [6, 6.07) is 0. The summed E-state index contributed by atoms with van der Waals surface area (Å²) in [6.07, 6.45) is 118. The minimum atomic E-state index is -4.96. The van der Waals surface area contributed by atoms with Crippen molar-refractivity contribution in [2.75, 3.05) is 39.6 Å². The topological polar surface area (TPSA) is 231 Å². The van der Waals surface area contributed by atoms with E-state index in [1.165, 1.54) is 128 Å². The molecule has 117 heavy (non-hydrogen) atoms. The second-order valence-corrected chi connectivity index (χ2v) is 33.2. The van der Waals surface area contributed by atoms with E-state index in [-0.39, 0.29) is 19.3 Å². The van der Waals surface area contributed by atoms with Gasteiger partial charge in [-0.3, -0.25) is 32.5 Å². The van der Waals surface area contributed by atoms with Gasteiger partial charge in [-0.2, -0.15) is 0 Å². The summed E-state index contributed by atoms with van der Waals surface area (Å²) in [4.78, 5) is 59.0. The lowest BCUT2D eigenvalue weighted by atomic mass is 10.0. The van der Waals surface area contributed by atoms with Gasteiger partial charge in [0.15, 0.2) is 6.10 Å². The second kappa shape index (κ2) is 89.9. The van der Waals surface area contributed by atoms with Crippen LogP contribution in [0.2, 0.25) is 0 Å². The Morgan fingerprint density at radius 2 is 0.453 bits per heavy atom. The van der Waals surface area contributed by atoms with Gasteiger partial charge in [0.05, 0.1) is 26.4 Å². The Morgan fingerprint density at radius 3 is 0.718 bits per heavy atom. The molecule has 0 heterocycles. The molecule has 18 heteroatoms. The maximum Gasteiger partial charge on any atom is 0.472 e. The number of unbranched alkanes of at least 4 members (excludes halogenated alkanes) is 33. The van der Waals surface area contributed by atoms with Gasteiger partial charge in [0.2, 0.25) is 0 Å².